The fourth-order valence-corrected chi connectivity index (χ4v) is 3.95. The molecule has 3 aromatic carbocycles. The second kappa shape index (κ2) is 9.70. The number of benzene rings is 3. The summed E-state index contributed by atoms with van der Waals surface area (Å²) >= 11 is 1.63. The van der Waals surface area contributed by atoms with E-state index in [1.54, 1.807) is 17.8 Å². The summed E-state index contributed by atoms with van der Waals surface area (Å²) in [5.41, 5.74) is 2.40. The third kappa shape index (κ3) is 5.67. The summed E-state index contributed by atoms with van der Waals surface area (Å²) in [4.78, 5) is 40.1. The molecule has 4 rings (SSSR count). The second-order valence-corrected chi connectivity index (χ2v) is 8.57. The highest BCUT2D eigenvalue weighted by Crippen LogP contribution is 2.28. The van der Waals surface area contributed by atoms with Crippen LogP contribution in [0.5, 0.6) is 0 Å². The molecule has 0 bridgehead atoms. The fourth-order valence-electron chi connectivity index (χ4n) is 3.13. The molecule has 0 aliphatic carbocycles. The lowest BCUT2D eigenvalue weighted by molar-refractivity contribution is -0.127. The average molecular weight is 462 g/mol. The number of imide groups is 1. The van der Waals surface area contributed by atoms with Gasteiger partial charge in [-0.1, -0.05) is 41.6 Å². The number of nitrogens with zero attached hydrogens (tertiary/aromatic N) is 1. The largest absolute Gasteiger partial charge is 0.329 e. The molecule has 0 aromatic heterocycles. The first-order valence-corrected chi connectivity index (χ1v) is 10.9. The Balaban J connectivity index is 1.39. The van der Waals surface area contributed by atoms with E-state index in [9.17, 15) is 18.8 Å². The highest BCUT2D eigenvalue weighted by atomic mass is 32.2. The molecule has 8 heteroatoms. The Hall–Kier alpha value is -3.91. The third-order valence-corrected chi connectivity index (χ3v) is 5.86. The van der Waals surface area contributed by atoms with Gasteiger partial charge < -0.3 is 10.6 Å². The summed E-state index contributed by atoms with van der Waals surface area (Å²) in [5, 5.41) is 5.03. The van der Waals surface area contributed by atoms with E-state index in [-0.39, 0.29) is 5.70 Å². The zero-order valence-electron chi connectivity index (χ0n) is 17.7. The molecule has 1 aliphatic heterocycles. The van der Waals surface area contributed by atoms with Crippen molar-refractivity contribution in [3.8, 4) is 0 Å². The standard InChI is InChI=1S/C25H20FN3O3S/c1-16-2-10-20(11-3-16)33-21-12-4-17(5-13-21)14-22-24(31)29(25(32)28-22)15-23(30)27-19-8-6-18(26)7-9-19/h2-14H,15H2,1H3,(H,27,30)(H,28,32)/b22-14-. The van der Waals surface area contributed by atoms with Crippen molar-refractivity contribution in [3.63, 3.8) is 0 Å². The van der Waals surface area contributed by atoms with Crippen molar-refractivity contribution < 1.29 is 18.8 Å². The Morgan fingerprint density at radius 2 is 1.58 bits per heavy atom. The van der Waals surface area contributed by atoms with Crippen molar-refractivity contribution in [2.24, 2.45) is 0 Å². The summed E-state index contributed by atoms with van der Waals surface area (Å²) in [6.07, 6.45) is 1.57. The number of aryl methyl sites for hydroxylation is 1. The highest BCUT2D eigenvalue weighted by molar-refractivity contribution is 7.99. The quantitative estimate of drug-likeness (QED) is 0.408. The SMILES string of the molecule is Cc1ccc(Sc2ccc(/C=C3\NC(=O)N(CC(=O)Nc4ccc(F)cc4)C3=O)cc2)cc1. The van der Waals surface area contributed by atoms with Crippen molar-refractivity contribution in [3.05, 3.63) is 95.4 Å². The van der Waals surface area contributed by atoms with Crippen LogP contribution in [-0.4, -0.2) is 29.3 Å². The van der Waals surface area contributed by atoms with Crippen LogP contribution in [0.2, 0.25) is 0 Å². The number of anilines is 1. The fraction of sp³-hybridized carbons (Fsp3) is 0.0800. The van der Waals surface area contributed by atoms with Crippen LogP contribution in [0.3, 0.4) is 0 Å². The molecule has 4 amide bonds. The second-order valence-electron chi connectivity index (χ2n) is 7.42. The minimum Gasteiger partial charge on any atom is -0.325 e. The van der Waals surface area contributed by atoms with Crippen molar-refractivity contribution >= 4 is 41.4 Å². The van der Waals surface area contributed by atoms with Gasteiger partial charge in [-0.05, 0) is 67.1 Å². The number of rotatable bonds is 6. The molecule has 2 N–H and O–H groups in total. The molecule has 0 radical (unpaired) electrons. The first-order chi connectivity index (χ1) is 15.9. The number of carbonyl (C=O) groups excluding carboxylic acids is 3. The van der Waals surface area contributed by atoms with Crippen molar-refractivity contribution in [2.75, 3.05) is 11.9 Å². The third-order valence-electron chi connectivity index (χ3n) is 4.84. The molecule has 166 valence electrons. The highest BCUT2D eigenvalue weighted by Gasteiger charge is 2.34. The Morgan fingerprint density at radius 3 is 2.21 bits per heavy atom. The monoisotopic (exact) mass is 461 g/mol. The predicted molar refractivity (Wildman–Crippen MR) is 125 cm³/mol. The van der Waals surface area contributed by atoms with E-state index in [0.29, 0.717) is 5.69 Å². The zero-order valence-corrected chi connectivity index (χ0v) is 18.5. The molecule has 0 spiro atoms. The van der Waals surface area contributed by atoms with Gasteiger partial charge in [0, 0.05) is 15.5 Å². The zero-order chi connectivity index (χ0) is 23.4. The van der Waals surface area contributed by atoms with Crippen LogP contribution in [0.25, 0.3) is 6.08 Å². The minimum atomic E-state index is -0.674. The van der Waals surface area contributed by atoms with Crippen LogP contribution in [0.15, 0.2) is 88.3 Å². The summed E-state index contributed by atoms with van der Waals surface area (Å²) in [6.45, 7) is 1.59. The van der Waals surface area contributed by atoms with Gasteiger partial charge in [-0.2, -0.15) is 0 Å². The van der Waals surface area contributed by atoms with E-state index in [1.165, 1.54) is 29.8 Å². The molecule has 1 aliphatic rings. The van der Waals surface area contributed by atoms with Gasteiger partial charge in [0.25, 0.3) is 5.91 Å². The number of hydrogen-bond donors (Lipinski definition) is 2. The molecule has 33 heavy (non-hydrogen) atoms. The van der Waals surface area contributed by atoms with Gasteiger partial charge in [-0.25, -0.2) is 14.1 Å². The van der Waals surface area contributed by atoms with Gasteiger partial charge in [-0.3, -0.25) is 9.59 Å². The number of nitrogens with one attached hydrogen (secondary N) is 2. The molecule has 1 saturated heterocycles. The maximum absolute atomic E-state index is 13.0. The molecular formula is C25H20FN3O3S. The molecule has 3 aromatic rings. The Labute approximate surface area is 194 Å². The summed E-state index contributed by atoms with van der Waals surface area (Å²) in [6, 6.07) is 20.3. The van der Waals surface area contributed by atoms with Gasteiger partial charge >= 0.3 is 6.03 Å². The Morgan fingerprint density at radius 1 is 0.970 bits per heavy atom. The smallest absolute Gasteiger partial charge is 0.325 e. The summed E-state index contributed by atoms with van der Waals surface area (Å²) in [7, 11) is 0. The van der Waals surface area contributed by atoms with Crippen molar-refractivity contribution in [1.29, 1.82) is 0 Å². The van der Waals surface area contributed by atoms with Crippen LogP contribution in [0, 0.1) is 12.7 Å². The van der Waals surface area contributed by atoms with Gasteiger partial charge in [0.2, 0.25) is 5.91 Å². The minimum absolute atomic E-state index is 0.0912. The maximum Gasteiger partial charge on any atom is 0.329 e. The molecule has 0 unspecified atom stereocenters. The Kier molecular flexibility index (Phi) is 6.55. The van der Waals surface area contributed by atoms with Crippen LogP contribution in [0.4, 0.5) is 14.9 Å². The molecule has 0 saturated carbocycles. The molecule has 1 heterocycles. The molecule has 0 atom stereocenters. The van der Waals surface area contributed by atoms with E-state index in [2.05, 4.69) is 34.9 Å². The molecule has 6 nitrogen and oxygen atoms in total. The number of hydrogen-bond acceptors (Lipinski definition) is 4. The van der Waals surface area contributed by atoms with E-state index in [0.717, 1.165) is 20.3 Å². The maximum atomic E-state index is 13.0. The van der Waals surface area contributed by atoms with Crippen LogP contribution in [-0.2, 0) is 9.59 Å². The lowest BCUT2D eigenvalue weighted by atomic mass is 10.2. The summed E-state index contributed by atoms with van der Waals surface area (Å²) < 4.78 is 13.0. The first-order valence-electron chi connectivity index (χ1n) is 10.1. The average Bonchev–Trinajstić information content (AvgIpc) is 3.05. The lowest BCUT2D eigenvalue weighted by Crippen LogP contribution is -2.38. The normalized spacial score (nSPS) is 14.5. The van der Waals surface area contributed by atoms with E-state index >= 15 is 0 Å². The van der Waals surface area contributed by atoms with Crippen molar-refractivity contribution in [2.45, 2.75) is 16.7 Å². The Bertz CT molecular complexity index is 1220. The van der Waals surface area contributed by atoms with Gasteiger partial charge in [-0.15, -0.1) is 0 Å². The van der Waals surface area contributed by atoms with E-state index in [1.807, 2.05) is 31.2 Å². The first kappa shape index (κ1) is 22.3. The number of carbonyl (C=O) groups is 3. The van der Waals surface area contributed by atoms with E-state index in [4.69, 9.17) is 0 Å². The van der Waals surface area contributed by atoms with E-state index < -0.39 is 30.2 Å². The van der Waals surface area contributed by atoms with Crippen LogP contribution < -0.4 is 10.6 Å². The summed E-state index contributed by atoms with van der Waals surface area (Å²) in [5.74, 6) is -1.59. The molecule has 1 fully saturated rings. The number of halogens is 1. The predicted octanol–water partition coefficient (Wildman–Crippen LogP) is 4.82. The van der Waals surface area contributed by atoms with Gasteiger partial charge in [0.05, 0.1) is 0 Å². The van der Waals surface area contributed by atoms with Crippen molar-refractivity contribution in [1.82, 2.24) is 10.2 Å². The number of urea groups is 1. The topological polar surface area (TPSA) is 78.5 Å². The van der Waals surface area contributed by atoms with Gasteiger partial charge in [0.1, 0.15) is 18.1 Å². The van der Waals surface area contributed by atoms with Crippen LogP contribution >= 0.6 is 11.8 Å². The lowest BCUT2D eigenvalue weighted by Gasteiger charge is -2.11. The van der Waals surface area contributed by atoms with Gasteiger partial charge in [0.15, 0.2) is 0 Å². The van der Waals surface area contributed by atoms with Crippen LogP contribution in [0.1, 0.15) is 11.1 Å². The number of amides is 4. The molecular weight excluding hydrogens is 441 g/mol.